The fraction of sp³-hybridized carbons (Fsp3) is 0.455. The first-order valence-electron chi connectivity index (χ1n) is 5.63. The highest BCUT2D eigenvalue weighted by Gasteiger charge is 2.19. The van der Waals surface area contributed by atoms with E-state index in [1.165, 1.54) is 6.07 Å². The molecule has 7 heteroatoms. The number of halogens is 1. The molecular weight excluding hydrogens is 274 g/mol. The van der Waals surface area contributed by atoms with E-state index in [9.17, 15) is 8.42 Å². The van der Waals surface area contributed by atoms with E-state index >= 15 is 0 Å². The summed E-state index contributed by atoms with van der Waals surface area (Å²) < 4.78 is 25.4. The van der Waals surface area contributed by atoms with Crippen LogP contribution < -0.4 is 0 Å². The maximum absolute atomic E-state index is 11.9. The summed E-state index contributed by atoms with van der Waals surface area (Å²) in [5.74, 6) is -0.00176. The van der Waals surface area contributed by atoms with Gasteiger partial charge in [-0.05, 0) is 19.9 Å². The van der Waals surface area contributed by atoms with Gasteiger partial charge >= 0.3 is 0 Å². The molecule has 2 aromatic heterocycles. The van der Waals surface area contributed by atoms with Crippen molar-refractivity contribution in [2.75, 3.05) is 5.75 Å². The molecule has 0 spiro atoms. The molecule has 2 heterocycles. The van der Waals surface area contributed by atoms with E-state index in [2.05, 4.69) is 10.1 Å². The number of rotatable bonds is 3. The van der Waals surface area contributed by atoms with Crippen LogP contribution in [0.25, 0.3) is 11.0 Å². The molecule has 0 atom stereocenters. The third kappa shape index (κ3) is 2.10. The van der Waals surface area contributed by atoms with Crippen molar-refractivity contribution in [3.05, 3.63) is 17.4 Å². The Morgan fingerprint density at radius 2 is 2.11 bits per heavy atom. The maximum atomic E-state index is 11.9. The van der Waals surface area contributed by atoms with Gasteiger partial charge in [-0.15, -0.1) is 0 Å². The van der Waals surface area contributed by atoms with E-state index in [0.717, 1.165) is 0 Å². The van der Waals surface area contributed by atoms with Crippen LogP contribution >= 0.6 is 11.6 Å². The first kappa shape index (κ1) is 13.3. The average molecular weight is 288 g/mol. The predicted molar refractivity (Wildman–Crippen MR) is 70.6 cm³/mol. The smallest absolute Gasteiger partial charge is 0.181 e. The molecule has 2 rings (SSSR count). The summed E-state index contributed by atoms with van der Waals surface area (Å²) in [6.07, 6.45) is 1.60. The van der Waals surface area contributed by atoms with Gasteiger partial charge in [0.05, 0.1) is 11.9 Å². The minimum absolute atomic E-state index is 0.00176. The van der Waals surface area contributed by atoms with Crippen LogP contribution in [0.4, 0.5) is 0 Å². The van der Waals surface area contributed by atoms with Gasteiger partial charge in [0.25, 0.3) is 0 Å². The Bertz CT molecular complexity index is 692. The summed E-state index contributed by atoms with van der Waals surface area (Å²) in [5, 5.41) is 4.87. The van der Waals surface area contributed by atoms with E-state index < -0.39 is 9.84 Å². The Hall–Kier alpha value is -1.14. The number of fused-ring (bicyclic) bond motifs is 1. The molecule has 0 aliphatic rings. The van der Waals surface area contributed by atoms with Crippen LogP contribution in [0, 0.1) is 0 Å². The van der Waals surface area contributed by atoms with Crippen molar-refractivity contribution in [1.29, 1.82) is 0 Å². The van der Waals surface area contributed by atoms with Crippen molar-refractivity contribution in [2.45, 2.75) is 31.7 Å². The number of nitrogens with zero attached hydrogens (tertiary/aromatic N) is 3. The van der Waals surface area contributed by atoms with Gasteiger partial charge in [0, 0.05) is 11.4 Å². The zero-order valence-corrected chi connectivity index (χ0v) is 12.0. The third-order valence-corrected chi connectivity index (χ3v) is 4.84. The average Bonchev–Trinajstić information content (AvgIpc) is 2.70. The predicted octanol–water partition coefficient (Wildman–Crippen LogP) is 2.46. The molecule has 0 N–H and O–H groups in total. The lowest BCUT2D eigenvalue weighted by molar-refractivity contribution is 0.546. The Morgan fingerprint density at radius 3 is 2.67 bits per heavy atom. The van der Waals surface area contributed by atoms with Crippen molar-refractivity contribution in [1.82, 2.24) is 14.8 Å². The van der Waals surface area contributed by atoms with Gasteiger partial charge in [0.1, 0.15) is 10.0 Å². The molecule has 5 nitrogen and oxygen atoms in total. The molecule has 0 fully saturated rings. The minimum atomic E-state index is -3.36. The zero-order chi connectivity index (χ0) is 13.5. The van der Waals surface area contributed by atoms with Crippen LogP contribution in [0.15, 0.2) is 17.2 Å². The molecule has 0 aliphatic carbocycles. The Kier molecular flexibility index (Phi) is 3.33. The van der Waals surface area contributed by atoms with Gasteiger partial charge in [0.15, 0.2) is 15.5 Å². The molecule has 0 unspecified atom stereocenters. The van der Waals surface area contributed by atoms with Gasteiger partial charge in [-0.25, -0.2) is 18.1 Å². The number of hydrogen-bond acceptors (Lipinski definition) is 4. The van der Waals surface area contributed by atoms with Gasteiger partial charge in [0.2, 0.25) is 0 Å². The number of sulfone groups is 1. The van der Waals surface area contributed by atoms with Crippen molar-refractivity contribution in [2.24, 2.45) is 0 Å². The molecule has 0 radical (unpaired) electrons. The van der Waals surface area contributed by atoms with Crippen molar-refractivity contribution in [3.63, 3.8) is 0 Å². The highest BCUT2D eigenvalue weighted by atomic mass is 35.5. The summed E-state index contributed by atoms with van der Waals surface area (Å²) in [4.78, 5) is 4.23. The molecule has 18 heavy (non-hydrogen) atoms. The van der Waals surface area contributed by atoms with E-state index in [0.29, 0.717) is 11.0 Å². The maximum Gasteiger partial charge on any atom is 0.181 e. The van der Waals surface area contributed by atoms with Crippen LogP contribution in [0.2, 0.25) is 5.15 Å². The molecule has 2 aromatic rings. The largest absolute Gasteiger partial charge is 0.245 e. The van der Waals surface area contributed by atoms with E-state index in [4.69, 9.17) is 11.6 Å². The minimum Gasteiger partial charge on any atom is -0.245 e. The summed E-state index contributed by atoms with van der Waals surface area (Å²) in [7, 11) is -3.36. The lowest BCUT2D eigenvalue weighted by atomic mass is 10.3. The van der Waals surface area contributed by atoms with Crippen LogP contribution in [0.1, 0.15) is 26.8 Å². The van der Waals surface area contributed by atoms with Gasteiger partial charge in [-0.3, -0.25) is 0 Å². The van der Waals surface area contributed by atoms with Crippen LogP contribution in [-0.4, -0.2) is 28.9 Å². The highest BCUT2D eigenvalue weighted by molar-refractivity contribution is 7.91. The standard InChI is InChI=1S/C11H14ClN3O2S/c1-4-18(16,17)9-5-8-6-13-15(7(2)3)11(8)14-10(9)12/h5-7H,4H2,1-3H3. The fourth-order valence-electron chi connectivity index (χ4n) is 1.69. The van der Waals surface area contributed by atoms with Crippen LogP contribution in [-0.2, 0) is 9.84 Å². The number of pyridine rings is 1. The van der Waals surface area contributed by atoms with E-state index in [-0.39, 0.29) is 21.8 Å². The highest BCUT2D eigenvalue weighted by Crippen LogP contribution is 2.26. The summed E-state index contributed by atoms with van der Waals surface area (Å²) >= 11 is 5.97. The second kappa shape index (κ2) is 4.51. The molecule has 0 saturated heterocycles. The van der Waals surface area contributed by atoms with Gasteiger partial charge < -0.3 is 0 Å². The van der Waals surface area contributed by atoms with Crippen molar-refractivity contribution in [3.8, 4) is 0 Å². The second-order valence-electron chi connectivity index (χ2n) is 4.28. The first-order valence-corrected chi connectivity index (χ1v) is 7.66. The quantitative estimate of drug-likeness (QED) is 0.814. The second-order valence-corrected chi connectivity index (χ2v) is 6.88. The molecule has 98 valence electrons. The third-order valence-electron chi connectivity index (χ3n) is 2.69. The normalized spacial score (nSPS) is 12.5. The van der Waals surface area contributed by atoms with E-state index in [1.54, 1.807) is 17.8 Å². The summed E-state index contributed by atoms with van der Waals surface area (Å²) in [6.45, 7) is 5.52. The van der Waals surface area contributed by atoms with Crippen LogP contribution in [0.3, 0.4) is 0 Å². The van der Waals surface area contributed by atoms with Crippen molar-refractivity contribution < 1.29 is 8.42 Å². The van der Waals surface area contributed by atoms with Gasteiger partial charge in [-0.1, -0.05) is 18.5 Å². The zero-order valence-electron chi connectivity index (χ0n) is 10.4. The molecule has 0 bridgehead atoms. The number of aromatic nitrogens is 3. The first-order chi connectivity index (χ1) is 8.36. The number of hydrogen-bond donors (Lipinski definition) is 0. The summed E-state index contributed by atoms with van der Waals surface area (Å²) in [5.41, 5.74) is 0.602. The molecule has 0 aromatic carbocycles. The van der Waals surface area contributed by atoms with Crippen molar-refractivity contribution >= 4 is 32.5 Å². The Morgan fingerprint density at radius 1 is 1.44 bits per heavy atom. The van der Waals surface area contributed by atoms with Gasteiger partial charge in [-0.2, -0.15) is 5.10 Å². The lowest BCUT2D eigenvalue weighted by Gasteiger charge is -2.08. The molecule has 0 aliphatic heterocycles. The summed E-state index contributed by atoms with van der Waals surface area (Å²) in [6, 6.07) is 1.68. The molecule has 0 saturated carbocycles. The monoisotopic (exact) mass is 287 g/mol. The molecular formula is C11H14ClN3O2S. The van der Waals surface area contributed by atoms with E-state index in [1.807, 2.05) is 13.8 Å². The Labute approximate surface area is 111 Å². The fourth-order valence-corrected chi connectivity index (χ4v) is 3.09. The topological polar surface area (TPSA) is 64.8 Å². The van der Waals surface area contributed by atoms with Crippen LogP contribution in [0.5, 0.6) is 0 Å². The lowest BCUT2D eigenvalue weighted by Crippen LogP contribution is -2.07. The molecule has 0 amide bonds. The SMILES string of the molecule is CCS(=O)(=O)c1cc2cnn(C(C)C)c2nc1Cl. The Balaban J connectivity index is 2.73.